The number of ether oxygens (including phenoxy) is 1. The van der Waals surface area contributed by atoms with E-state index >= 15 is 0 Å². The molecular formula is C19H18FN5O2. The van der Waals surface area contributed by atoms with Gasteiger partial charge in [-0.25, -0.2) is 18.7 Å². The van der Waals surface area contributed by atoms with Crippen molar-refractivity contribution in [3.05, 3.63) is 59.4 Å². The second kappa shape index (κ2) is 7.06. The molecule has 2 aromatic heterocycles. The van der Waals surface area contributed by atoms with E-state index in [1.165, 1.54) is 12.1 Å². The molecule has 7 nitrogen and oxygen atoms in total. The molecule has 4 aromatic rings. The molecule has 2 N–H and O–H groups in total. The molecule has 4 rings (SSSR count). The maximum Gasteiger partial charge on any atom is 0.338 e. The molecule has 0 amide bonds. The molecule has 0 aliphatic carbocycles. The highest BCUT2D eigenvalue weighted by Gasteiger charge is 2.13. The average molecular weight is 367 g/mol. The predicted octanol–water partition coefficient (Wildman–Crippen LogP) is 3.18. The van der Waals surface area contributed by atoms with Gasteiger partial charge in [0.1, 0.15) is 5.82 Å². The minimum absolute atomic E-state index is 0.239. The monoisotopic (exact) mass is 367 g/mol. The zero-order valence-corrected chi connectivity index (χ0v) is 14.7. The van der Waals surface area contributed by atoms with Crippen LogP contribution < -0.4 is 5.32 Å². The van der Waals surface area contributed by atoms with Gasteiger partial charge in [-0.15, -0.1) is 0 Å². The number of nitrogens with zero attached hydrogens (tertiary/aromatic N) is 3. The van der Waals surface area contributed by atoms with Crippen molar-refractivity contribution in [2.45, 2.75) is 13.3 Å². The molecular weight excluding hydrogens is 349 g/mol. The topological polar surface area (TPSA) is 84.3 Å². The molecule has 27 heavy (non-hydrogen) atoms. The van der Waals surface area contributed by atoms with Crippen LogP contribution in [0, 0.1) is 5.82 Å². The van der Waals surface area contributed by atoms with Gasteiger partial charge in [-0.2, -0.15) is 4.98 Å². The molecule has 2 aromatic carbocycles. The van der Waals surface area contributed by atoms with Crippen molar-refractivity contribution in [3.63, 3.8) is 0 Å². The number of nitrogens with one attached hydrogen (secondary N) is 2. The van der Waals surface area contributed by atoms with Crippen molar-refractivity contribution >= 4 is 28.7 Å². The lowest BCUT2D eigenvalue weighted by Gasteiger charge is -2.03. The number of fused-ring (bicyclic) bond motifs is 3. The molecule has 8 heteroatoms. The van der Waals surface area contributed by atoms with Crippen LogP contribution in [-0.4, -0.2) is 38.7 Å². The number of rotatable bonds is 6. The summed E-state index contributed by atoms with van der Waals surface area (Å²) in [6, 6.07) is 11.6. The van der Waals surface area contributed by atoms with Crippen molar-refractivity contribution in [2.75, 3.05) is 18.5 Å². The van der Waals surface area contributed by atoms with E-state index in [0.29, 0.717) is 36.0 Å². The van der Waals surface area contributed by atoms with Crippen LogP contribution in [0.15, 0.2) is 42.5 Å². The molecule has 0 bridgehead atoms. The highest BCUT2D eigenvalue weighted by atomic mass is 19.1. The summed E-state index contributed by atoms with van der Waals surface area (Å²) in [5, 5.41) is 6.34. The first-order chi connectivity index (χ1) is 13.1. The molecule has 0 aliphatic rings. The van der Waals surface area contributed by atoms with Gasteiger partial charge in [-0.05, 0) is 49.2 Å². The van der Waals surface area contributed by atoms with Crippen LogP contribution in [0.1, 0.15) is 22.8 Å². The molecule has 0 saturated carbocycles. The van der Waals surface area contributed by atoms with E-state index < -0.39 is 0 Å². The summed E-state index contributed by atoms with van der Waals surface area (Å²) in [7, 11) is 0. The van der Waals surface area contributed by atoms with Crippen LogP contribution in [0.25, 0.3) is 16.8 Å². The van der Waals surface area contributed by atoms with Gasteiger partial charge in [0, 0.05) is 6.54 Å². The Bertz CT molecular complexity index is 1100. The van der Waals surface area contributed by atoms with Gasteiger partial charge in [-0.3, -0.25) is 5.10 Å². The van der Waals surface area contributed by atoms with Crippen LogP contribution in [0.2, 0.25) is 0 Å². The third kappa shape index (κ3) is 3.46. The fourth-order valence-electron chi connectivity index (χ4n) is 2.88. The number of hydrogen-bond acceptors (Lipinski definition) is 5. The maximum absolute atomic E-state index is 12.9. The number of imidazole rings is 1. The second-order valence-corrected chi connectivity index (χ2v) is 6.05. The van der Waals surface area contributed by atoms with Crippen LogP contribution in [0.3, 0.4) is 0 Å². The zero-order valence-electron chi connectivity index (χ0n) is 14.7. The van der Waals surface area contributed by atoms with Gasteiger partial charge in [-0.1, -0.05) is 12.1 Å². The number of halogens is 1. The Morgan fingerprint density at radius 3 is 2.81 bits per heavy atom. The Kier molecular flexibility index (Phi) is 4.45. The van der Waals surface area contributed by atoms with Crippen LogP contribution >= 0.6 is 0 Å². The number of benzene rings is 2. The lowest BCUT2D eigenvalue weighted by molar-refractivity contribution is 0.0526. The smallest absolute Gasteiger partial charge is 0.338 e. The standard InChI is InChI=1S/C19H18FN5O2/c1-2-27-17(26)13-5-8-16-15(11-13)22-19-23-18(24-25(16)19)21-10-9-12-3-6-14(20)7-4-12/h3-8,11H,2,9-10H2,1H3,(H2,21,22,23,24). The molecule has 0 atom stereocenters. The second-order valence-electron chi connectivity index (χ2n) is 6.05. The van der Waals surface area contributed by atoms with E-state index in [-0.39, 0.29) is 11.8 Å². The lowest BCUT2D eigenvalue weighted by atomic mass is 10.1. The molecule has 0 spiro atoms. The van der Waals surface area contributed by atoms with E-state index in [2.05, 4.69) is 20.4 Å². The Hall–Kier alpha value is -3.42. The summed E-state index contributed by atoms with van der Waals surface area (Å²) < 4.78 is 19.7. The molecule has 0 fully saturated rings. The number of aromatic nitrogens is 4. The third-order valence-electron chi connectivity index (χ3n) is 4.20. The summed E-state index contributed by atoms with van der Waals surface area (Å²) in [5.74, 6) is 0.496. The third-order valence-corrected chi connectivity index (χ3v) is 4.20. The molecule has 0 aliphatic heterocycles. The Balaban J connectivity index is 1.49. The number of esters is 1. The van der Waals surface area contributed by atoms with E-state index in [0.717, 1.165) is 17.5 Å². The van der Waals surface area contributed by atoms with Crippen molar-refractivity contribution in [1.82, 2.24) is 19.6 Å². The quantitative estimate of drug-likeness (QED) is 0.511. The van der Waals surface area contributed by atoms with E-state index in [4.69, 9.17) is 4.74 Å². The number of aromatic amines is 1. The summed E-state index contributed by atoms with van der Waals surface area (Å²) in [4.78, 5) is 20.7. The van der Waals surface area contributed by atoms with Gasteiger partial charge in [0.25, 0.3) is 5.78 Å². The zero-order chi connectivity index (χ0) is 18.8. The van der Waals surface area contributed by atoms with Crippen LogP contribution in [0.4, 0.5) is 10.3 Å². The SMILES string of the molecule is CCOC(=O)c1ccc2c(c1)nc1nc(NCCc3ccc(F)cc3)[nH]n12. The molecule has 0 saturated heterocycles. The number of anilines is 1. The Labute approximate surface area is 154 Å². The number of carbonyl (C=O) groups is 1. The van der Waals surface area contributed by atoms with Gasteiger partial charge >= 0.3 is 5.97 Å². The summed E-state index contributed by atoms with van der Waals surface area (Å²) in [6.07, 6.45) is 0.743. The van der Waals surface area contributed by atoms with E-state index in [1.54, 1.807) is 35.7 Å². The van der Waals surface area contributed by atoms with Crippen LogP contribution in [-0.2, 0) is 11.2 Å². The highest BCUT2D eigenvalue weighted by molar-refractivity contribution is 5.94. The fourth-order valence-corrected chi connectivity index (χ4v) is 2.88. The maximum atomic E-state index is 12.9. The number of H-pyrrole nitrogens is 1. The van der Waals surface area contributed by atoms with Gasteiger partial charge < -0.3 is 10.1 Å². The Morgan fingerprint density at radius 2 is 2.04 bits per heavy atom. The average Bonchev–Trinajstić information content (AvgIpc) is 3.20. The lowest BCUT2D eigenvalue weighted by Crippen LogP contribution is -2.06. The Morgan fingerprint density at radius 1 is 1.22 bits per heavy atom. The van der Waals surface area contributed by atoms with Crippen molar-refractivity contribution < 1.29 is 13.9 Å². The van der Waals surface area contributed by atoms with Gasteiger partial charge in [0.05, 0.1) is 23.2 Å². The predicted molar refractivity (Wildman–Crippen MR) is 99.4 cm³/mol. The summed E-state index contributed by atoms with van der Waals surface area (Å²) in [5.41, 5.74) is 2.98. The van der Waals surface area contributed by atoms with Crippen molar-refractivity contribution in [3.8, 4) is 0 Å². The van der Waals surface area contributed by atoms with E-state index in [9.17, 15) is 9.18 Å². The van der Waals surface area contributed by atoms with Crippen molar-refractivity contribution in [1.29, 1.82) is 0 Å². The first-order valence-corrected chi connectivity index (χ1v) is 8.67. The van der Waals surface area contributed by atoms with Gasteiger partial charge in [0.15, 0.2) is 0 Å². The summed E-state index contributed by atoms with van der Waals surface area (Å²) >= 11 is 0. The van der Waals surface area contributed by atoms with Gasteiger partial charge in [0.2, 0.25) is 5.95 Å². The normalized spacial score (nSPS) is 11.2. The minimum Gasteiger partial charge on any atom is -0.462 e. The number of carbonyl (C=O) groups excluding carboxylic acids is 1. The summed E-state index contributed by atoms with van der Waals surface area (Å²) in [6.45, 7) is 2.74. The first-order valence-electron chi connectivity index (χ1n) is 8.67. The van der Waals surface area contributed by atoms with Crippen LogP contribution in [0.5, 0.6) is 0 Å². The number of hydrogen-bond donors (Lipinski definition) is 2. The molecule has 138 valence electrons. The molecule has 2 heterocycles. The highest BCUT2D eigenvalue weighted by Crippen LogP contribution is 2.18. The molecule has 0 unspecified atom stereocenters. The minimum atomic E-state index is -0.368. The fraction of sp³-hybridized carbons (Fsp3) is 0.211. The molecule has 0 radical (unpaired) electrons. The van der Waals surface area contributed by atoms with E-state index in [1.807, 2.05) is 6.07 Å². The van der Waals surface area contributed by atoms with Crippen molar-refractivity contribution in [2.24, 2.45) is 0 Å². The first kappa shape index (κ1) is 17.0. The largest absolute Gasteiger partial charge is 0.462 e.